The Hall–Kier alpha value is -2.48. The minimum atomic E-state index is -0.449. The van der Waals surface area contributed by atoms with Crippen LogP contribution in [-0.4, -0.2) is 45.3 Å². The molecule has 3 N–H and O–H groups in total. The number of ether oxygens (including phenoxy) is 1. The zero-order chi connectivity index (χ0) is 22.2. The Kier molecular flexibility index (Phi) is 8.40. The van der Waals surface area contributed by atoms with Crippen LogP contribution in [0.1, 0.15) is 29.6 Å². The van der Waals surface area contributed by atoms with Gasteiger partial charge in [0.2, 0.25) is 0 Å². The molecule has 9 heteroatoms. The highest BCUT2D eigenvalue weighted by Crippen LogP contribution is 2.28. The zero-order valence-corrected chi connectivity index (χ0v) is 18.9. The number of anilines is 3. The van der Waals surface area contributed by atoms with Gasteiger partial charge in [-0.3, -0.25) is 4.79 Å². The molecule has 0 aromatic heterocycles. The van der Waals surface area contributed by atoms with Gasteiger partial charge in [0, 0.05) is 43.8 Å². The number of nitrogens with one attached hydrogen (secondary N) is 3. The van der Waals surface area contributed by atoms with Gasteiger partial charge in [-0.2, -0.15) is 0 Å². The highest BCUT2D eigenvalue weighted by Gasteiger charge is 2.19. The molecule has 0 aliphatic carbocycles. The summed E-state index contributed by atoms with van der Waals surface area (Å²) in [6.07, 6.45) is 3.38. The van der Waals surface area contributed by atoms with Crippen molar-refractivity contribution in [1.29, 1.82) is 0 Å². The minimum absolute atomic E-state index is 0.203. The molecule has 1 heterocycles. The molecule has 1 aliphatic heterocycles. The Labute approximate surface area is 192 Å². The molecule has 0 bridgehead atoms. The topological polar surface area (TPSA) is 82.7 Å². The van der Waals surface area contributed by atoms with E-state index in [0.717, 1.165) is 31.6 Å². The van der Waals surface area contributed by atoms with Crippen molar-refractivity contribution in [2.24, 2.45) is 0 Å². The van der Waals surface area contributed by atoms with E-state index in [1.165, 1.54) is 6.42 Å². The van der Waals surface area contributed by atoms with Crippen molar-refractivity contribution in [2.45, 2.75) is 19.3 Å². The molecule has 0 atom stereocenters. The number of piperidine rings is 1. The summed E-state index contributed by atoms with van der Waals surface area (Å²) >= 11 is 11.9. The molecule has 2 aromatic rings. The average Bonchev–Trinajstić information content (AvgIpc) is 2.77. The Morgan fingerprint density at radius 3 is 2.32 bits per heavy atom. The monoisotopic (exact) mass is 464 g/mol. The summed E-state index contributed by atoms with van der Waals surface area (Å²) in [5.41, 5.74) is 2.40. The molecule has 1 aliphatic rings. The maximum Gasteiger partial charge on any atom is 0.323 e. The summed E-state index contributed by atoms with van der Waals surface area (Å²) in [5.74, 6) is -0.203. The fourth-order valence-electron chi connectivity index (χ4n) is 3.44. The summed E-state index contributed by atoms with van der Waals surface area (Å²) in [4.78, 5) is 27.5. The van der Waals surface area contributed by atoms with Crippen molar-refractivity contribution in [3.8, 4) is 0 Å². The smallest absolute Gasteiger partial charge is 0.323 e. The first kappa shape index (κ1) is 23.2. The molecule has 2 aromatic carbocycles. The number of methoxy groups -OCH3 is 1. The van der Waals surface area contributed by atoms with E-state index in [0.29, 0.717) is 40.1 Å². The minimum Gasteiger partial charge on any atom is -0.383 e. The summed E-state index contributed by atoms with van der Waals surface area (Å²) in [7, 11) is 1.59. The molecular formula is C22H26Cl2N4O3. The Morgan fingerprint density at radius 1 is 0.968 bits per heavy atom. The van der Waals surface area contributed by atoms with Gasteiger partial charge in [0.25, 0.3) is 5.91 Å². The summed E-state index contributed by atoms with van der Waals surface area (Å²) < 4.78 is 5.02. The molecule has 0 unspecified atom stereocenters. The van der Waals surface area contributed by atoms with E-state index in [4.69, 9.17) is 27.9 Å². The second kappa shape index (κ2) is 11.2. The zero-order valence-electron chi connectivity index (χ0n) is 17.3. The lowest BCUT2D eigenvalue weighted by Crippen LogP contribution is -2.33. The third-order valence-electron chi connectivity index (χ3n) is 4.97. The lowest BCUT2D eigenvalue weighted by Gasteiger charge is -2.30. The number of amides is 3. The molecular weight excluding hydrogens is 439 g/mol. The molecule has 3 amide bonds. The van der Waals surface area contributed by atoms with Gasteiger partial charge in [-0.25, -0.2) is 4.79 Å². The van der Waals surface area contributed by atoms with E-state index in [9.17, 15) is 9.59 Å². The van der Waals surface area contributed by atoms with Gasteiger partial charge in [-0.15, -0.1) is 0 Å². The Balaban J connectivity index is 1.76. The quantitative estimate of drug-likeness (QED) is 0.503. The Bertz CT molecular complexity index is 933. The number of hydrogen-bond acceptors (Lipinski definition) is 4. The third-order valence-corrected chi connectivity index (χ3v) is 5.70. The number of rotatable bonds is 7. The second-order valence-corrected chi connectivity index (χ2v) is 8.05. The van der Waals surface area contributed by atoms with E-state index in [-0.39, 0.29) is 5.91 Å². The highest BCUT2D eigenvalue weighted by molar-refractivity contribution is 6.42. The van der Waals surface area contributed by atoms with Gasteiger partial charge in [0.1, 0.15) is 0 Å². The fraction of sp³-hybridized carbons (Fsp3) is 0.364. The van der Waals surface area contributed by atoms with Gasteiger partial charge in [-0.05, 0) is 55.7 Å². The van der Waals surface area contributed by atoms with Gasteiger partial charge >= 0.3 is 6.03 Å². The molecule has 1 fully saturated rings. The lowest BCUT2D eigenvalue weighted by molar-refractivity contribution is 0.0937. The summed E-state index contributed by atoms with van der Waals surface area (Å²) in [5, 5.41) is 9.09. The van der Waals surface area contributed by atoms with Crippen LogP contribution in [0.2, 0.25) is 10.0 Å². The maximum absolute atomic E-state index is 12.8. The molecule has 7 nitrogen and oxygen atoms in total. The van der Waals surface area contributed by atoms with Crippen LogP contribution < -0.4 is 20.9 Å². The molecule has 31 heavy (non-hydrogen) atoms. The fourth-order valence-corrected chi connectivity index (χ4v) is 3.73. The Morgan fingerprint density at radius 2 is 1.65 bits per heavy atom. The van der Waals surface area contributed by atoms with Crippen LogP contribution in [0.3, 0.4) is 0 Å². The van der Waals surface area contributed by atoms with Crippen molar-refractivity contribution in [3.63, 3.8) is 0 Å². The van der Waals surface area contributed by atoms with Crippen molar-refractivity contribution in [1.82, 2.24) is 5.32 Å². The van der Waals surface area contributed by atoms with Crippen LogP contribution in [0, 0.1) is 0 Å². The molecule has 3 rings (SSSR count). The van der Waals surface area contributed by atoms with Gasteiger partial charge in [-0.1, -0.05) is 23.2 Å². The molecule has 0 spiro atoms. The van der Waals surface area contributed by atoms with Crippen LogP contribution in [0.4, 0.5) is 21.9 Å². The second-order valence-electron chi connectivity index (χ2n) is 7.24. The lowest BCUT2D eigenvalue weighted by atomic mass is 10.1. The number of nitrogens with zero attached hydrogens (tertiary/aromatic N) is 1. The molecule has 1 saturated heterocycles. The number of hydrogen-bond donors (Lipinski definition) is 3. The van der Waals surface area contributed by atoms with Gasteiger partial charge in [0.05, 0.1) is 22.2 Å². The first-order valence-corrected chi connectivity index (χ1v) is 10.9. The normalized spacial score (nSPS) is 13.6. The van der Waals surface area contributed by atoms with Crippen LogP contribution in [0.5, 0.6) is 0 Å². The summed E-state index contributed by atoms with van der Waals surface area (Å²) in [6.45, 7) is 2.64. The standard InChI is InChI=1S/C22H26Cl2N4O3/c1-31-12-9-25-21(29)17-13-15(6-8-20(17)28-10-3-2-4-11-28)26-22(30)27-16-5-7-18(23)19(24)14-16/h5-8,13-14H,2-4,9-12H2,1H3,(H,25,29)(H2,26,27,30). The van der Waals surface area contributed by atoms with E-state index >= 15 is 0 Å². The van der Waals surface area contributed by atoms with E-state index in [1.54, 1.807) is 37.4 Å². The highest BCUT2D eigenvalue weighted by atomic mass is 35.5. The first-order valence-electron chi connectivity index (χ1n) is 10.2. The van der Waals surface area contributed by atoms with E-state index < -0.39 is 6.03 Å². The van der Waals surface area contributed by atoms with Crippen molar-refractivity contribution in [2.75, 3.05) is 48.9 Å². The molecule has 0 saturated carbocycles. The number of urea groups is 1. The van der Waals surface area contributed by atoms with Crippen LogP contribution >= 0.6 is 23.2 Å². The summed E-state index contributed by atoms with van der Waals surface area (Å²) in [6, 6.07) is 9.75. The number of benzene rings is 2. The third kappa shape index (κ3) is 6.50. The van der Waals surface area contributed by atoms with E-state index in [2.05, 4.69) is 20.9 Å². The number of halogens is 2. The van der Waals surface area contributed by atoms with Crippen LogP contribution in [0.25, 0.3) is 0 Å². The average molecular weight is 465 g/mol. The molecule has 0 radical (unpaired) electrons. The maximum atomic E-state index is 12.8. The van der Waals surface area contributed by atoms with Gasteiger partial charge in [0.15, 0.2) is 0 Å². The van der Waals surface area contributed by atoms with Crippen LogP contribution in [0.15, 0.2) is 36.4 Å². The number of carbonyl (C=O) groups is 2. The van der Waals surface area contributed by atoms with Crippen molar-refractivity contribution >= 4 is 52.2 Å². The van der Waals surface area contributed by atoms with Crippen molar-refractivity contribution in [3.05, 3.63) is 52.0 Å². The van der Waals surface area contributed by atoms with Crippen molar-refractivity contribution < 1.29 is 14.3 Å². The molecule has 166 valence electrons. The van der Waals surface area contributed by atoms with Crippen LogP contribution in [-0.2, 0) is 4.74 Å². The first-order chi connectivity index (χ1) is 15.0. The largest absolute Gasteiger partial charge is 0.383 e. The SMILES string of the molecule is COCCNC(=O)c1cc(NC(=O)Nc2ccc(Cl)c(Cl)c2)ccc1N1CCCCC1. The predicted molar refractivity (Wildman–Crippen MR) is 126 cm³/mol. The number of carbonyl (C=O) groups excluding carboxylic acids is 2. The van der Waals surface area contributed by atoms with Gasteiger partial charge < -0.3 is 25.6 Å². The van der Waals surface area contributed by atoms with E-state index in [1.807, 2.05) is 6.07 Å². The predicted octanol–water partition coefficient (Wildman–Crippen LogP) is 5.00.